The molecule has 0 amide bonds. The van der Waals surface area contributed by atoms with Gasteiger partial charge in [0.2, 0.25) is 0 Å². The van der Waals surface area contributed by atoms with Crippen LogP contribution in [-0.4, -0.2) is 32.0 Å². The van der Waals surface area contributed by atoms with Gasteiger partial charge in [-0.1, -0.05) is 42.5 Å². The molecule has 138 valence electrons. The van der Waals surface area contributed by atoms with Crippen LogP contribution in [0.1, 0.15) is 35.2 Å². The zero-order chi connectivity index (χ0) is 18.6. The van der Waals surface area contributed by atoms with E-state index < -0.39 is 0 Å². The van der Waals surface area contributed by atoms with Crippen LogP contribution in [-0.2, 0) is 16.1 Å². The van der Waals surface area contributed by atoms with Gasteiger partial charge >= 0.3 is 5.97 Å². The van der Waals surface area contributed by atoms with Crippen molar-refractivity contribution in [3.63, 3.8) is 0 Å². The molecule has 0 heterocycles. The normalized spacial score (nSPS) is 10.3. The summed E-state index contributed by atoms with van der Waals surface area (Å²) >= 11 is 0. The lowest BCUT2D eigenvalue weighted by atomic mass is 10.1. The molecule has 0 aliphatic rings. The number of ketones is 1. The van der Waals surface area contributed by atoms with Gasteiger partial charge in [-0.25, -0.2) is 0 Å². The molecule has 0 aliphatic carbocycles. The summed E-state index contributed by atoms with van der Waals surface area (Å²) in [6, 6.07) is 17.2. The van der Waals surface area contributed by atoms with Gasteiger partial charge in [0.1, 0.15) is 12.4 Å². The van der Waals surface area contributed by atoms with E-state index in [4.69, 9.17) is 4.74 Å². The minimum Gasteiger partial charge on any atom is -0.489 e. The van der Waals surface area contributed by atoms with Crippen molar-refractivity contribution in [2.45, 2.75) is 25.9 Å². The van der Waals surface area contributed by atoms with Gasteiger partial charge in [-0.2, -0.15) is 0 Å². The van der Waals surface area contributed by atoms with Crippen LogP contribution >= 0.6 is 0 Å². The Morgan fingerprint density at radius 3 is 2.54 bits per heavy atom. The lowest BCUT2D eigenvalue weighted by Gasteiger charge is -2.08. The molecule has 0 radical (unpaired) electrons. The fourth-order valence-electron chi connectivity index (χ4n) is 2.43. The number of hydrogen-bond donors (Lipinski definition) is 1. The minimum atomic E-state index is -0.213. The monoisotopic (exact) mass is 355 g/mol. The third kappa shape index (κ3) is 7.07. The summed E-state index contributed by atoms with van der Waals surface area (Å²) in [5, 5.41) is 3.17. The zero-order valence-corrected chi connectivity index (χ0v) is 15.1. The molecule has 26 heavy (non-hydrogen) atoms. The summed E-state index contributed by atoms with van der Waals surface area (Å²) < 4.78 is 10.3. The summed E-state index contributed by atoms with van der Waals surface area (Å²) in [5.41, 5.74) is 1.73. The van der Waals surface area contributed by atoms with E-state index in [1.807, 2.05) is 42.5 Å². The third-order valence-corrected chi connectivity index (χ3v) is 3.90. The molecule has 2 aromatic rings. The van der Waals surface area contributed by atoms with Crippen molar-refractivity contribution in [1.29, 1.82) is 0 Å². The Bertz CT molecular complexity index is 700. The maximum absolute atomic E-state index is 12.3. The molecule has 5 heteroatoms. The lowest BCUT2D eigenvalue weighted by molar-refractivity contribution is -0.140. The first kappa shape index (κ1) is 19.7. The van der Waals surface area contributed by atoms with Gasteiger partial charge in [0.15, 0.2) is 5.78 Å². The van der Waals surface area contributed by atoms with E-state index in [9.17, 15) is 9.59 Å². The summed E-state index contributed by atoms with van der Waals surface area (Å²) in [6.07, 6.45) is 1.49. The second kappa shape index (κ2) is 11.1. The number of hydrogen-bond acceptors (Lipinski definition) is 5. The Morgan fingerprint density at radius 1 is 0.962 bits per heavy atom. The van der Waals surface area contributed by atoms with Crippen LogP contribution in [0.15, 0.2) is 54.6 Å². The first-order valence-electron chi connectivity index (χ1n) is 8.76. The summed E-state index contributed by atoms with van der Waals surface area (Å²) in [6.45, 7) is 1.73. The Morgan fingerprint density at radius 2 is 1.77 bits per heavy atom. The Hall–Kier alpha value is -2.66. The Labute approximate surface area is 154 Å². The number of ether oxygens (including phenoxy) is 2. The van der Waals surface area contributed by atoms with Crippen molar-refractivity contribution in [2.24, 2.45) is 0 Å². The Balaban J connectivity index is 1.72. The van der Waals surface area contributed by atoms with Crippen LogP contribution < -0.4 is 10.1 Å². The second-order valence-electron chi connectivity index (χ2n) is 5.90. The number of esters is 1. The number of benzene rings is 2. The van der Waals surface area contributed by atoms with Gasteiger partial charge in [-0.15, -0.1) is 0 Å². The highest BCUT2D eigenvalue weighted by atomic mass is 16.5. The van der Waals surface area contributed by atoms with Crippen LogP contribution in [0.5, 0.6) is 5.75 Å². The summed E-state index contributed by atoms with van der Waals surface area (Å²) in [5.74, 6) is 0.538. The lowest BCUT2D eigenvalue weighted by Crippen LogP contribution is -2.20. The van der Waals surface area contributed by atoms with Gasteiger partial charge in [-0.3, -0.25) is 9.59 Å². The predicted molar refractivity (Wildman–Crippen MR) is 100 cm³/mol. The molecule has 0 fully saturated rings. The molecule has 0 aromatic heterocycles. The molecule has 0 bridgehead atoms. The largest absolute Gasteiger partial charge is 0.489 e. The highest BCUT2D eigenvalue weighted by molar-refractivity contribution is 5.96. The topological polar surface area (TPSA) is 64.6 Å². The Kier molecular flexibility index (Phi) is 8.36. The van der Waals surface area contributed by atoms with E-state index in [2.05, 4.69) is 10.1 Å². The van der Waals surface area contributed by atoms with E-state index in [1.165, 1.54) is 7.11 Å². The van der Waals surface area contributed by atoms with Crippen molar-refractivity contribution in [3.05, 3.63) is 65.7 Å². The van der Waals surface area contributed by atoms with Crippen LogP contribution in [0.2, 0.25) is 0 Å². The molecule has 1 N–H and O–H groups in total. The van der Waals surface area contributed by atoms with Crippen LogP contribution in [0.4, 0.5) is 0 Å². The van der Waals surface area contributed by atoms with Crippen LogP contribution in [0, 0.1) is 0 Å². The average molecular weight is 355 g/mol. The fraction of sp³-hybridized carbons (Fsp3) is 0.333. The van der Waals surface area contributed by atoms with E-state index >= 15 is 0 Å². The fourth-order valence-corrected chi connectivity index (χ4v) is 2.43. The molecule has 0 aliphatic heterocycles. The zero-order valence-electron chi connectivity index (χ0n) is 15.1. The number of nitrogens with one attached hydrogen (secondary N) is 1. The molecule has 0 saturated carbocycles. The summed E-state index contributed by atoms with van der Waals surface area (Å²) in [7, 11) is 1.38. The average Bonchev–Trinajstić information content (AvgIpc) is 2.69. The van der Waals surface area contributed by atoms with Gasteiger partial charge < -0.3 is 14.8 Å². The highest BCUT2D eigenvalue weighted by Gasteiger charge is 2.07. The van der Waals surface area contributed by atoms with Crippen molar-refractivity contribution in [3.8, 4) is 5.75 Å². The number of Topliss-reactive ketones (excluding diaryl/α,β-unsaturated/α-hetero) is 1. The van der Waals surface area contributed by atoms with Crippen LogP contribution in [0.3, 0.4) is 0 Å². The van der Waals surface area contributed by atoms with E-state index in [1.54, 1.807) is 12.1 Å². The molecule has 5 nitrogen and oxygen atoms in total. The molecule has 0 unspecified atom stereocenters. The van der Waals surface area contributed by atoms with Crippen molar-refractivity contribution in [1.82, 2.24) is 5.32 Å². The molecule has 0 saturated heterocycles. The smallest absolute Gasteiger partial charge is 0.305 e. The molecular weight excluding hydrogens is 330 g/mol. The maximum atomic E-state index is 12.3. The van der Waals surface area contributed by atoms with Gasteiger partial charge in [0.05, 0.1) is 7.11 Å². The number of rotatable bonds is 11. The molecule has 0 spiro atoms. The number of carbonyl (C=O) groups excluding carboxylic acids is 2. The maximum Gasteiger partial charge on any atom is 0.305 e. The van der Waals surface area contributed by atoms with E-state index in [-0.39, 0.29) is 11.8 Å². The highest BCUT2D eigenvalue weighted by Crippen LogP contribution is 2.16. The second-order valence-corrected chi connectivity index (χ2v) is 5.90. The molecule has 2 rings (SSSR count). The molecular formula is C21H25NO4. The number of carbonyl (C=O) groups is 2. The van der Waals surface area contributed by atoms with Gasteiger partial charge in [0.25, 0.3) is 0 Å². The first-order chi connectivity index (χ1) is 12.7. The predicted octanol–water partition coefficient (Wildman–Crippen LogP) is 3.38. The molecule has 2 aromatic carbocycles. The summed E-state index contributed by atoms with van der Waals surface area (Å²) in [4.78, 5) is 23.3. The first-order valence-corrected chi connectivity index (χ1v) is 8.76. The van der Waals surface area contributed by atoms with Gasteiger partial charge in [-0.05, 0) is 30.7 Å². The SMILES string of the molecule is COC(=O)CCCNCCC(=O)c1cccc(OCc2ccccc2)c1. The third-order valence-electron chi connectivity index (χ3n) is 3.90. The van der Waals surface area contributed by atoms with Crippen LogP contribution in [0.25, 0.3) is 0 Å². The molecule has 0 atom stereocenters. The van der Waals surface area contributed by atoms with E-state index in [0.29, 0.717) is 50.3 Å². The standard InChI is InChI=1S/C21H25NO4/c1-25-21(24)11-6-13-22-14-12-20(23)18-9-5-10-19(15-18)26-16-17-7-3-2-4-8-17/h2-5,7-10,15,22H,6,11-14,16H2,1H3. The number of methoxy groups -OCH3 is 1. The van der Waals surface area contributed by atoms with Crippen molar-refractivity contribution < 1.29 is 19.1 Å². The quantitative estimate of drug-likeness (QED) is 0.380. The van der Waals surface area contributed by atoms with Crippen molar-refractivity contribution >= 4 is 11.8 Å². The van der Waals surface area contributed by atoms with Crippen molar-refractivity contribution in [2.75, 3.05) is 20.2 Å². The van der Waals surface area contributed by atoms with E-state index in [0.717, 1.165) is 5.56 Å². The van der Waals surface area contributed by atoms with Gasteiger partial charge in [0, 0.05) is 24.9 Å². The minimum absolute atomic E-state index is 0.0654.